The second-order valence-corrected chi connectivity index (χ2v) is 40.4. The highest BCUT2D eigenvalue weighted by molar-refractivity contribution is 9.11. The average Bonchev–Trinajstić information content (AvgIpc) is 1.31. The molecule has 0 radical (unpaired) electrons. The Hall–Kier alpha value is -10.6. The lowest BCUT2D eigenvalue weighted by molar-refractivity contribution is 0.0696. The number of rotatable bonds is 24. The minimum Gasteiger partial charge on any atom is -0.508 e. The molecular formula is C120H158B2Br3N3O12. The normalized spacial score (nSPS) is 11.0. The SMILES string of the molecule is CC(=O)c1ccc(C(C)C)cc1.CC(C)c1ccc(B(O)O)cc1.CC(C)c1ccc(Br)cc1.CC(C)c1ccc(N2CCCC2)cc1.CC(C)c1ccc(OCCO)cc1.CC(C)c1cccc(-c2ccc(C(=O)O)cc2)c1.CC(C)c1cccc(B(O)O)c1.CC(C)c1cccc(Br)c1.CCN(CC)c1ccc(C(C)C)c(O)c1.COc1cc(Br)cc(C(C)C)c1O.[C-]#[N+]c1ccc(C(C)C)cc1. The van der Waals surface area contributed by atoms with E-state index in [2.05, 4.69) is 312 Å². The lowest BCUT2D eigenvalue weighted by Crippen LogP contribution is -2.29. The van der Waals surface area contributed by atoms with E-state index < -0.39 is 20.2 Å². The fourth-order valence-corrected chi connectivity index (χ4v) is 15.1. The maximum atomic E-state index is 10.9. The number of carboxylic acid groups (broad SMARTS) is 1. The van der Waals surface area contributed by atoms with Gasteiger partial charge in [-0.3, -0.25) is 4.79 Å². The number of ether oxygens (including phenoxy) is 2. The number of carboxylic acids is 1. The van der Waals surface area contributed by atoms with Crippen molar-refractivity contribution in [3.8, 4) is 34.1 Å². The molecule has 0 aliphatic carbocycles. The second kappa shape index (κ2) is 66.3. The van der Waals surface area contributed by atoms with Gasteiger partial charge in [-0.2, -0.15) is 0 Å². The summed E-state index contributed by atoms with van der Waals surface area (Å²) in [5.74, 6) is 6.79. The van der Waals surface area contributed by atoms with Crippen molar-refractivity contribution in [1.82, 2.24) is 0 Å². The van der Waals surface area contributed by atoms with Crippen LogP contribution >= 0.6 is 47.8 Å². The first-order valence-electron chi connectivity index (χ1n) is 49.0. The number of hydrogen-bond acceptors (Lipinski definition) is 13. The molecule has 13 rings (SSSR count). The summed E-state index contributed by atoms with van der Waals surface area (Å²) in [5, 5.41) is 72.4. The molecule has 20 heteroatoms. The standard InChI is InChI=1S/C16H16O2.C13H21NO.C13H19N.C11H16O2.C11H14O.C10H13BrO2.C10H11N.2C9H13BO2.2C9H11Br/c1-11(2)14-4-3-5-15(10-14)12-6-8-13(9-7-12)16(17)18;1-5-14(6-2)11-7-8-12(10(3)4)13(15)9-11;1-11(2)12-5-7-13(8-6-12)14-9-3-4-10-14;1-9(2)10-3-5-11(6-4-10)13-8-7-12;1-8(2)10-4-6-11(7-5-10)9(3)12;1-6(2)8-4-7(11)5-9(13-3)10(8)12;1-8(2)9-4-6-10(11-3)7-5-9;1-7(2)8-3-5-9(6-4-8)10(11)12;1-7(2)8-4-3-5-9(6-8)10(11)12;1-7(2)8-3-5-9(10)6-4-8;1-7(2)8-4-3-5-9(10)6-8/h3-11H,1-2H3,(H,17,18);7-10,15H,5-6H2,1-4H3;5-8,11H,3-4,9-10H2,1-2H3;3-6,9,12H,7-8H2,1-2H3;4-8H,1-3H3;4-6,12H,1-3H3;4-8H,1-2H3;2*3-7,11-12H,1-2H3;2*3-7H,1-2H3. The first-order valence-corrected chi connectivity index (χ1v) is 51.4. The van der Waals surface area contributed by atoms with Gasteiger partial charge in [0.05, 0.1) is 25.9 Å². The number of ketones is 1. The van der Waals surface area contributed by atoms with Crippen molar-refractivity contribution in [1.29, 1.82) is 0 Å². The number of anilines is 2. The lowest BCUT2D eigenvalue weighted by atomic mass is 9.79. The molecule has 15 nitrogen and oxygen atoms in total. The molecule has 0 amide bonds. The van der Waals surface area contributed by atoms with Crippen LogP contribution in [0.4, 0.5) is 17.1 Å². The van der Waals surface area contributed by atoms with Crippen molar-refractivity contribution in [2.45, 2.75) is 251 Å². The summed E-state index contributed by atoms with van der Waals surface area (Å²) in [6.07, 6.45) is 2.71. The third-order valence-corrected chi connectivity index (χ3v) is 24.6. The van der Waals surface area contributed by atoms with Gasteiger partial charge in [-0.1, -0.05) is 388 Å². The van der Waals surface area contributed by atoms with E-state index in [1.807, 2.05) is 153 Å². The zero-order chi connectivity index (χ0) is 105. The number of aliphatic hydroxyl groups is 1. The predicted octanol–water partition coefficient (Wildman–Crippen LogP) is 30.9. The largest absolute Gasteiger partial charge is 0.508 e. The molecule has 1 saturated heterocycles. The quantitative estimate of drug-likeness (QED) is 0.0160. The first-order chi connectivity index (χ1) is 66.2. The third kappa shape index (κ3) is 46.4. The molecule has 140 heavy (non-hydrogen) atoms. The van der Waals surface area contributed by atoms with Crippen molar-refractivity contribution in [2.24, 2.45) is 0 Å². The Bertz CT molecular complexity index is 5470. The minimum absolute atomic E-state index is 0.0614. The maximum Gasteiger partial charge on any atom is 0.488 e. The molecule has 8 N–H and O–H groups in total. The number of hydrogen-bond donors (Lipinski definition) is 8. The monoisotopic (exact) mass is 2090 g/mol. The number of aliphatic hydroxyl groups excluding tert-OH is 1. The van der Waals surface area contributed by atoms with Crippen LogP contribution in [0, 0.1) is 6.57 Å². The Kier molecular flexibility index (Phi) is 58.5. The van der Waals surface area contributed by atoms with Gasteiger partial charge < -0.3 is 59.8 Å². The summed E-state index contributed by atoms with van der Waals surface area (Å²) in [6, 6.07) is 89.1. The van der Waals surface area contributed by atoms with Gasteiger partial charge in [0.25, 0.3) is 0 Å². The fraction of sp³-hybridized carbons (Fsp3) is 0.375. The first kappa shape index (κ1) is 124. The zero-order valence-corrected chi connectivity index (χ0v) is 92.6. The number of carbonyl (C=O) groups excluding carboxylic acids is 1. The van der Waals surface area contributed by atoms with E-state index in [-0.39, 0.29) is 24.1 Å². The van der Waals surface area contributed by atoms with E-state index in [0.29, 0.717) is 93.8 Å². The van der Waals surface area contributed by atoms with Gasteiger partial charge in [0, 0.05) is 68.2 Å². The number of Topliss-reactive ketones (excluding diaryl/α,β-unsaturated/α-hetero) is 1. The summed E-state index contributed by atoms with van der Waals surface area (Å²) in [5.41, 5.74) is 21.2. The summed E-state index contributed by atoms with van der Waals surface area (Å²) in [6.45, 7) is 64.5. The van der Waals surface area contributed by atoms with Crippen LogP contribution in [0.5, 0.6) is 23.0 Å². The number of aromatic carboxylic acids is 1. The summed E-state index contributed by atoms with van der Waals surface area (Å²) >= 11 is 10.2. The second-order valence-electron chi connectivity index (χ2n) is 37.7. The van der Waals surface area contributed by atoms with Gasteiger partial charge in [0.1, 0.15) is 18.1 Å². The van der Waals surface area contributed by atoms with Crippen molar-refractivity contribution < 1.29 is 59.6 Å². The summed E-state index contributed by atoms with van der Waals surface area (Å²) in [4.78, 5) is 29.7. The number of halogens is 3. The molecule has 12 aromatic carbocycles. The molecule has 12 aromatic rings. The minimum atomic E-state index is -1.36. The molecule has 1 aliphatic heterocycles. The highest BCUT2D eigenvalue weighted by atomic mass is 79.9. The average molecular weight is 2100 g/mol. The zero-order valence-electron chi connectivity index (χ0n) is 87.8. The Labute approximate surface area is 866 Å². The maximum absolute atomic E-state index is 10.9. The van der Waals surface area contributed by atoms with Crippen LogP contribution in [0.15, 0.2) is 286 Å². The molecule has 1 fully saturated rings. The van der Waals surface area contributed by atoms with Gasteiger partial charge in [-0.05, 0) is 255 Å². The van der Waals surface area contributed by atoms with Gasteiger partial charge in [-0.15, -0.1) is 0 Å². The van der Waals surface area contributed by atoms with Crippen LogP contribution in [0.25, 0.3) is 16.0 Å². The molecular weight excluding hydrogens is 1940 g/mol. The van der Waals surface area contributed by atoms with E-state index in [9.17, 15) is 19.8 Å². The van der Waals surface area contributed by atoms with Crippen molar-refractivity contribution >= 4 is 102 Å². The van der Waals surface area contributed by atoms with Crippen LogP contribution in [0.2, 0.25) is 0 Å². The summed E-state index contributed by atoms with van der Waals surface area (Å²) in [7, 11) is -1.17. The molecule has 1 aliphatic rings. The topological polar surface area (TPSA) is 225 Å². The smallest absolute Gasteiger partial charge is 0.488 e. The Balaban J connectivity index is 0.000000398. The number of phenols is 2. The van der Waals surface area contributed by atoms with Crippen LogP contribution in [-0.2, 0) is 0 Å². The Morgan fingerprint density at radius 1 is 0.407 bits per heavy atom. The van der Waals surface area contributed by atoms with Crippen LogP contribution in [0.3, 0.4) is 0 Å². The Morgan fingerprint density at radius 3 is 1.19 bits per heavy atom. The molecule has 0 saturated carbocycles. The van der Waals surface area contributed by atoms with Gasteiger partial charge in [-0.25, -0.2) is 9.64 Å². The van der Waals surface area contributed by atoms with E-state index in [0.717, 1.165) is 72.5 Å². The van der Waals surface area contributed by atoms with Crippen molar-refractivity contribution in [3.63, 3.8) is 0 Å². The number of nitrogens with zero attached hydrogens (tertiary/aromatic N) is 3. The summed E-state index contributed by atoms with van der Waals surface area (Å²) < 4.78 is 13.5. The number of benzene rings is 12. The van der Waals surface area contributed by atoms with Gasteiger partial charge in [0.2, 0.25) is 0 Å². The van der Waals surface area contributed by atoms with Gasteiger partial charge in [0.15, 0.2) is 23.0 Å². The molecule has 0 unspecified atom stereocenters. The van der Waals surface area contributed by atoms with Crippen LogP contribution < -0.4 is 30.2 Å². The van der Waals surface area contributed by atoms with Crippen molar-refractivity contribution in [3.05, 3.63) is 370 Å². The highest BCUT2D eigenvalue weighted by Crippen LogP contribution is 2.38. The molecule has 0 bridgehead atoms. The molecule has 1 heterocycles. The van der Waals surface area contributed by atoms with Crippen LogP contribution in [0.1, 0.15) is 333 Å². The lowest BCUT2D eigenvalue weighted by Gasteiger charge is -2.22. The fourth-order valence-electron chi connectivity index (χ4n) is 13.9. The van der Waals surface area contributed by atoms with E-state index >= 15 is 0 Å². The molecule has 0 spiro atoms. The number of carbonyl (C=O) groups is 2. The molecule has 0 aromatic heterocycles. The van der Waals surface area contributed by atoms with Crippen molar-refractivity contribution in [2.75, 3.05) is 56.3 Å². The van der Waals surface area contributed by atoms with Crippen LogP contribution in [-0.4, -0.2) is 113 Å². The van der Waals surface area contributed by atoms with Gasteiger partial charge >= 0.3 is 20.2 Å². The highest BCUT2D eigenvalue weighted by Gasteiger charge is 2.18. The molecule has 0 atom stereocenters. The number of methoxy groups -OCH3 is 1. The predicted molar refractivity (Wildman–Crippen MR) is 605 cm³/mol. The molecule has 752 valence electrons. The van der Waals surface area contributed by atoms with E-state index in [4.69, 9.17) is 46.4 Å². The third-order valence-electron chi connectivity index (χ3n) is 23.1. The number of phenolic OH excluding ortho intramolecular Hbond substituents is 2. The Morgan fingerprint density at radius 2 is 0.807 bits per heavy atom. The number of aromatic hydroxyl groups is 2. The van der Waals surface area contributed by atoms with E-state index in [1.54, 1.807) is 50.4 Å². The van der Waals surface area contributed by atoms with E-state index in [1.165, 1.54) is 80.6 Å².